The molecule has 0 heterocycles. The van der Waals surface area contributed by atoms with E-state index in [1.807, 2.05) is 13.8 Å². The molecule has 4 fully saturated rings. The van der Waals surface area contributed by atoms with Crippen molar-refractivity contribution < 1.29 is 78.4 Å². The largest absolute Gasteiger partial charge is 1.00 e. The predicted molar refractivity (Wildman–Crippen MR) is 129 cm³/mol. The van der Waals surface area contributed by atoms with Crippen LogP contribution in [-0.4, -0.2) is 36.1 Å². The Morgan fingerprint density at radius 1 is 1.06 bits per heavy atom. The van der Waals surface area contributed by atoms with E-state index in [0.29, 0.717) is 60.6 Å². The molecule has 8 heteroatoms. The third-order valence-corrected chi connectivity index (χ3v) is 11.6. The number of carbonyl (C=O) groups excluding carboxylic acids is 1. The van der Waals surface area contributed by atoms with Crippen molar-refractivity contribution >= 4 is 16.2 Å². The van der Waals surface area contributed by atoms with Gasteiger partial charge >= 0.3 is 51.4 Å². The summed E-state index contributed by atoms with van der Waals surface area (Å²) in [7, 11) is -4.70. The molecule has 196 valence electrons. The Kier molecular flexibility index (Phi) is 9.92. The second kappa shape index (κ2) is 11.3. The minimum Gasteiger partial charge on any atom is -0.726 e. The topological polar surface area (TPSA) is 104 Å². The third kappa shape index (κ3) is 6.01. The molecule has 0 amide bonds. The minimum absolute atomic E-state index is 0. The Balaban J connectivity index is 0.00000342. The molecule has 4 rings (SSSR count). The van der Waals surface area contributed by atoms with E-state index in [-0.39, 0.29) is 74.2 Å². The summed E-state index contributed by atoms with van der Waals surface area (Å²) in [5.41, 5.74) is 0.350. The monoisotopic (exact) mass is 536 g/mol. The molecule has 3 unspecified atom stereocenters. The van der Waals surface area contributed by atoms with Crippen molar-refractivity contribution in [3.05, 3.63) is 0 Å². The molecule has 4 aliphatic rings. The van der Waals surface area contributed by atoms with E-state index in [4.69, 9.17) is 4.18 Å². The molecule has 0 spiro atoms. The van der Waals surface area contributed by atoms with E-state index >= 15 is 0 Å². The summed E-state index contributed by atoms with van der Waals surface area (Å²) < 4.78 is 38.4. The molecule has 0 saturated heterocycles. The minimum atomic E-state index is -4.70. The van der Waals surface area contributed by atoms with Crippen molar-refractivity contribution in [2.24, 2.45) is 52.3 Å². The summed E-state index contributed by atoms with van der Waals surface area (Å²) in [5, 5.41) is 11.4. The van der Waals surface area contributed by atoms with Gasteiger partial charge in [0, 0.05) is 12.8 Å². The van der Waals surface area contributed by atoms with Gasteiger partial charge in [0.2, 0.25) is 10.4 Å². The van der Waals surface area contributed by atoms with Gasteiger partial charge in [0.25, 0.3) is 0 Å². The number of carbonyl (C=O) groups is 1. The molecule has 0 aliphatic heterocycles. The van der Waals surface area contributed by atoms with Crippen LogP contribution in [0.5, 0.6) is 0 Å². The summed E-state index contributed by atoms with van der Waals surface area (Å²) in [4.78, 5) is 12.2. The number of hydrogen-bond donors (Lipinski definition) is 1. The van der Waals surface area contributed by atoms with Crippen molar-refractivity contribution in [1.29, 1.82) is 0 Å². The summed E-state index contributed by atoms with van der Waals surface area (Å²) in [6.45, 7) is 10.9. The number of Topliss-reactive ketones (excluding diaryl/α,β-unsaturated/α-hetero) is 1. The maximum atomic E-state index is 12.2. The van der Waals surface area contributed by atoms with Crippen molar-refractivity contribution in [3.63, 3.8) is 0 Å². The first kappa shape index (κ1) is 30.7. The molecule has 10 atom stereocenters. The predicted octanol–water partition coefficient (Wildman–Crippen LogP) is 2.11. The average molecular weight is 537 g/mol. The van der Waals surface area contributed by atoms with Gasteiger partial charge < -0.3 is 9.66 Å². The third-order valence-electron chi connectivity index (χ3n) is 11.2. The van der Waals surface area contributed by atoms with Crippen LogP contribution in [-0.2, 0) is 19.4 Å². The first-order valence-corrected chi connectivity index (χ1v) is 14.9. The smallest absolute Gasteiger partial charge is 0.726 e. The second-order valence-electron chi connectivity index (χ2n) is 13.1. The molecule has 6 nitrogen and oxygen atoms in total. The van der Waals surface area contributed by atoms with Gasteiger partial charge in [-0.25, -0.2) is 8.42 Å². The fraction of sp³-hybridized carbons (Fsp3) is 0.963. The van der Waals surface area contributed by atoms with Crippen molar-refractivity contribution in [2.45, 2.75) is 111 Å². The number of hydrogen-bond acceptors (Lipinski definition) is 6. The molecule has 0 radical (unpaired) electrons. The fourth-order valence-electron chi connectivity index (χ4n) is 9.26. The maximum absolute atomic E-state index is 12.2. The van der Waals surface area contributed by atoms with E-state index in [1.165, 1.54) is 0 Å². The van der Waals surface area contributed by atoms with Gasteiger partial charge in [0.15, 0.2) is 0 Å². The van der Waals surface area contributed by atoms with Gasteiger partial charge in [0.1, 0.15) is 5.78 Å². The van der Waals surface area contributed by atoms with Crippen molar-refractivity contribution in [3.8, 4) is 0 Å². The average Bonchev–Trinajstić information content (AvgIpc) is 3.08. The van der Waals surface area contributed by atoms with Crippen LogP contribution in [0.15, 0.2) is 0 Å². The molecular weight excluding hydrogens is 491 g/mol. The van der Waals surface area contributed by atoms with Crippen LogP contribution in [0.25, 0.3) is 0 Å². The van der Waals surface area contributed by atoms with Gasteiger partial charge in [-0.2, -0.15) is 0 Å². The normalized spacial score (nSPS) is 43.0. The van der Waals surface area contributed by atoms with E-state index in [0.717, 1.165) is 44.9 Å². The van der Waals surface area contributed by atoms with Crippen LogP contribution >= 0.6 is 0 Å². The zero-order valence-corrected chi connectivity index (χ0v) is 26.6. The number of rotatable bonds is 7. The van der Waals surface area contributed by atoms with Gasteiger partial charge in [-0.05, 0) is 104 Å². The first-order chi connectivity index (χ1) is 15.8. The Bertz CT molecular complexity index is 877. The number of aliphatic hydroxyl groups is 1. The maximum Gasteiger partial charge on any atom is 1.00 e. The fourth-order valence-corrected chi connectivity index (χ4v) is 9.88. The van der Waals surface area contributed by atoms with Crippen LogP contribution in [0.1, 0.15) is 98.8 Å². The Morgan fingerprint density at radius 2 is 1.71 bits per heavy atom. The van der Waals surface area contributed by atoms with Gasteiger partial charge in [0.05, 0.1) is 12.2 Å². The Labute approximate surface area is 255 Å². The summed E-state index contributed by atoms with van der Waals surface area (Å²) in [6, 6.07) is 0. The SMILES string of the molecule is CC(C)[C@@H](CC[C@@H](C)[C@H]1CCC2C3C(CC[C@@]21C)[C@@]1(C)CCC(=O)C[C@H]1C[C@@H]3O)OS(=O)(=O)[O-].[K+]. The molecule has 0 aromatic carbocycles. The molecule has 35 heavy (non-hydrogen) atoms. The van der Waals surface area contributed by atoms with E-state index in [9.17, 15) is 22.9 Å². The van der Waals surface area contributed by atoms with Crippen molar-refractivity contribution in [2.75, 3.05) is 0 Å². The number of fused-ring (bicyclic) bond motifs is 5. The first-order valence-electron chi connectivity index (χ1n) is 13.6. The standard InChI is InChI=1S/C27H46O6S.K/c1-16(2)24(33-34(30,31)32)9-6-17(3)20-7-8-21-25-22(11-13-27(20,21)5)26(4)12-10-19(28)14-18(26)15-23(25)29;/h16-18,20-25,29H,6-15H2,1-5H3,(H,30,31,32);/q;+1/p-1/t17-,18+,20-,21?,22?,23+,24-,25?,26+,27-;/m1./s1. The molecule has 1 N–H and O–H groups in total. The molecule has 0 aromatic heterocycles. The molecule has 4 aliphatic carbocycles. The van der Waals surface area contributed by atoms with E-state index in [2.05, 4.69) is 20.8 Å². The van der Waals surface area contributed by atoms with Crippen LogP contribution in [0.4, 0.5) is 0 Å². The van der Waals surface area contributed by atoms with Gasteiger partial charge in [-0.3, -0.25) is 8.98 Å². The van der Waals surface area contributed by atoms with Crippen molar-refractivity contribution in [1.82, 2.24) is 0 Å². The van der Waals surface area contributed by atoms with Crippen LogP contribution in [0, 0.1) is 52.3 Å². The van der Waals surface area contributed by atoms with E-state index < -0.39 is 16.5 Å². The number of ketones is 1. The van der Waals surface area contributed by atoms with Crippen LogP contribution in [0.2, 0.25) is 0 Å². The van der Waals surface area contributed by atoms with Gasteiger partial charge in [-0.1, -0.05) is 34.6 Å². The molecular formula is C27H45KO6S. The van der Waals surface area contributed by atoms with Gasteiger partial charge in [-0.15, -0.1) is 0 Å². The quantitative estimate of drug-likeness (QED) is 0.304. The van der Waals surface area contributed by atoms with E-state index in [1.54, 1.807) is 0 Å². The zero-order chi connectivity index (χ0) is 25.1. The Morgan fingerprint density at radius 3 is 2.34 bits per heavy atom. The zero-order valence-electron chi connectivity index (χ0n) is 22.7. The summed E-state index contributed by atoms with van der Waals surface area (Å²) >= 11 is 0. The second-order valence-corrected chi connectivity index (χ2v) is 14.1. The van der Waals surface area contributed by atoms with Crippen LogP contribution < -0.4 is 51.4 Å². The molecule has 4 saturated carbocycles. The number of aliphatic hydroxyl groups excluding tert-OH is 1. The Hall–Kier alpha value is 1.14. The molecule has 0 aromatic rings. The summed E-state index contributed by atoms with van der Waals surface area (Å²) in [5.74, 6) is 2.93. The van der Waals surface area contributed by atoms with Crippen LogP contribution in [0.3, 0.4) is 0 Å². The summed E-state index contributed by atoms with van der Waals surface area (Å²) in [6.07, 6.45) is 8.20. The molecule has 0 bridgehead atoms.